The zero-order valence-electron chi connectivity index (χ0n) is 23.9. The summed E-state index contributed by atoms with van der Waals surface area (Å²) in [6.07, 6.45) is 1.56. The van der Waals surface area contributed by atoms with Gasteiger partial charge in [0.15, 0.2) is 4.80 Å². The molecule has 0 radical (unpaired) electrons. The molecule has 2 aromatic heterocycles. The first-order valence-electron chi connectivity index (χ1n) is 13.0. The van der Waals surface area contributed by atoms with Gasteiger partial charge in [0.25, 0.3) is 11.2 Å². The molecule has 43 heavy (non-hydrogen) atoms. The maximum atomic E-state index is 14.0. The normalized spacial score (nSPS) is 14.6. The molecule has 5 rings (SSSR count). The van der Waals surface area contributed by atoms with Crippen LogP contribution in [0.15, 0.2) is 74.0 Å². The molecule has 0 aliphatic carbocycles. The number of hydrogen-bond acceptors (Lipinski definition) is 11. The number of ether oxygens (including phenoxy) is 4. The molecule has 0 amide bonds. The Morgan fingerprint density at radius 2 is 1.84 bits per heavy atom. The van der Waals surface area contributed by atoms with E-state index in [1.165, 1.54) is 44.1 Å². The summed E-state index contributed by atoms with van der Waals surface area (Å²) in [6.45, 7) is 3.53. The molecule has 1 aliphatic rings. The Labute approximate surface area is 248 Å². The fraction of sp³-hybridized carbons (Fsp3) is 0.233. The van der Waals surface area contributed by atoms with Gasteiger partial charge in [-0.05, 0) is 50.2 Å². The summed E-state index contributed by atoms with van der Waals surface area (Å²) in [6, 6.07) is 11.7. The smallest absolute Gasteiger partial charge is 0.338 e. The summed E-state index contributed by atoms with van der Waals surface area (Å²) in [5, 5.41) is 11.3. The number of non-ortho nitro benzene ring substituents is 1. The van der Waals surface area contributed by atoms with Crippen molar-refractivity contribution >= 4 is 29.1 Å². The highest BCUT2D eigenvalue weighted by Gasteiger charge is 2.35. The molecule has 1 aliphatic heterocycles. The topological polar surface area (TPSA) is 145 Å². The van der Waals surface area contributed by atoms with Gasteiger partial charge in [0.1, 0.15) is 34.8 Å². The van der Waals surface area contributed by atoms with Crippen LogP contribution in [-0.2, 0) is 9.53 Å². The number of carbonyl (C=O) groups excluding carboxylic acids is 1. The van der Waals surface area contributed by atoms with Gasteiger partial charge >= 0.3 is 5.97 Å². The Bertz CT molecular complexity index is 1950. The standard InChI is InChI=1S/C30H27N3O9S/c1-6-41-29(35)26-16(2)31-30-32(27(26)21-14-18(38-3)8-11-23(21)40-5)28(34)25(43-30)15-19-9-12-24(42-19)20-13-17(33(36)37)7-10-22(20)39-4/h7-15,27H,6H2,1-5H3/b25-15+. The number of benzene rings is 2. The summed E-state index contributed by atoms with van der Waals surface area (Å²) in [5.41, 5.74) is 0.966. The van der Waals surface area contributed by atoms with Crippen molar-refractivity contribution < 1.29 is 33.1 Å². The van der Waals surface area contributed by atoms with E-state index in [0.29, 0.717) is 50.4 Å². The number of thiazole rings is 1. The van der Waals surface area contributed by atoms with Crippen molar-refractivity contribution in [3.63, 3.8) is 0 Å². The molecule has 0 N–H and O–H groups in total. The number of hydrogen-bond donors (Lipinski definition) is 0. The van der Waals surface area contributed by atoms with Crippen LogP contribution in [0, 0.1) is 10.1 Å². The largest absolute Gasteiger partial charge is 0.497 e. The average molecular weight is 606 g/mol. The number of carbonyl (C=O) groups is 1. The molecular weight excluding hydrogens is 578 g/mol. The van der Waals surface area contributed by atoms with Crippen LogP contribution in [0.3, 0.4) is 0 Å². The molecule has 0 bridgehead atoms. The highest BCUT2D eigenvalue weighted by Crippen LogP contribution is 2.38. The first-order chi connectivity index (χ1) is 20.7. The molecule has 1 unspecified atom stereocenters. The molecule has 0 fully saturated rings. The summed E-state index contributed by atoms with van der Waals surface area (Å²) in [4.78, 5) is 43.0. The van der Waals surface area contributed by atoms with Crippen LogP contribution in [0.25, 0.3) is 17.4 Å². The number of nitro groups is 1. The van der Waals surface area contributed by atoms with Gasteiger partial charge in [-0.15, -0.1) is 0 Å². The molecule has 222 valence electrons. The Morgan fingerprint density at radius 3 is 2.51 bits per heavy atom. The van der Waals surface area contributed by atoms with Gasteiger partial charge < -0.3 is 23.4 Å². The summed E-state index contributed by atoms with van der Waals surface area (Å²) >= 11 is 1.12. The van der Waals surface area contributed by atoms with Gasteiger partial charge in [0.2, 0.25) is 0 Å². The van der Waals surface area contributed by atoms with Gasteiger partial charge in [-0.25, -0.2) is 9.79 Å². The lowest BCUT2D eigenvalue weighted by Gasteiger charge is -2.26. The van der Waals surface area contributed by atoms with Crippen LogP contribution < -0.4 is 29.1 Å². The van der Waals surface area contributed by atoms with Gasteiger partial charge in [0, 0.05) is 23.8 Å². The number of rotatable bonds is 9. The van der Waals surface area contributed by atoms with Gasteiger partial charge in [-0.2, -0.15) is 0 Å². The first-order valence-corrected chi connectivity index (χ1v) is 13.9. The molecule has 3 heterocycles. The quantitative estimate of drug-likeness (QED) is 0.157. The van der Waals surface area contributed by atoms with Gasteiger partial charge in [-0.3, -0.25) is 19.5 Å². The van der Waals surface area contributed by atoms with E-state index in [1.54, 1.807) is 50.3 Å². The van der Waals surface area contributed by atoms with Crippen molar-refractivity contribution in [3.05, 3.63) is 101 Å². The number of aromatic nitrogens is 1. The van der Waals surface area contributed by atoms with Crippen molar-refractivity contribution in [3.8, 4) is 28.6 Å². The highest BCUT2D eigenvalue weighted by atomic mass is 32.1. The van der Waals surface area contributed by atoms with E-state index in [9.17, 15) is 19.7 Å². The third-order valence-electron chi connectivity index (χ3n) is 6.81. The number of nitrogens with zero attached hydrogens (tertiary/aromatic N) is 3. The van der Waals surface area contributed by atoms with E-state index in [-0.39, 0.29) is 22.4 Å². The predicted molar refractivity (Wildman–Crippen MR) is 157 cm³/mol. The zero-order chi connectivity index (χ0) is 30.8. The predicted octanol–water partition coefficient (Wildman–Crippen LogP) is 3.99. The van der Waals surface area contributed by atoms with Crippen LogP contribution in [0.1, 0.15) is 31.2 Å². The van der Waals surface area contributed by atoms with Gasteiger partial charge in [-0.1, -0.05) is 11.3 Å². The number of fused-ring (bicyclic) bond motifs is 1. The third kappa shape index (κ3) is 5.42. The molecule has 12 nitrogen and oxygen atoms in total. The van der Waals surface area contributed by atoms with Crippen LogP contribution in [0.2, 0.25) is 0 Å². The lowest BCUT2D eigenvalue weighted by Crippen LogP contribution is -2.40. The van der Waals surface area contributed by atoms with E-state index < -0.39 is 22.5 Å². The molecule has 1 atom stereocenters. The first kappa shape index (κ1) is 29.3. The number of esters is 1. The lowest BCUT2D eigenvalue weighted by molar-refractivity contribution is -0.384. The lowest BCUT2D eigenvalue weighted by atomic mass is 9.95. The van der Waals surface area contributed by atoms with Crippen molar-refractivity contribution in [1.82, 2.24) is 4.57 Å². The molecule has 13 heteroatoms. The van der Waals surface area contributed by atoms with E-state index in [1.807, 2.05) is 0 Å². The van der Waals surface area contributed by atoms with Crippen molar-refractivity contribution in [2.75, 3.05) is 27.9 Å². The van der Waals surface area contributed by atoms with Crippen molar-refractivity contribution in [2.45, 2.75) is 19.9 Å². The number of nitro benzene ring substituents is 1. The fourth-order valence-corrected chi connectivity index (χ4v) is 5.87. The Kier molecular flexibility index (Phi) is 8.17. The number of methoxy groups -OCH3 is 3. The van der Waals surface area contributed by atoms with Gasteiger partial charge in [0.05, 0.1) is 54.2 Å². The second kappa shape index (κ2) is 12.0. The van der Waals surface area contributed by atoms with Crippen LogP contribution in [-0.4, -0.2) is 43.4 Å². The molecule has 0 spiro atoms. The highest BCUT2D eigenvalue weighted by molar-refractivity contribution is 7.07. The maximum Gasteiger partial charge on any atom is 0.338 e. The monoisotopic (exact) mass is 605 g/mol. The molecular formula is C30H27N3O9S. The van der Waals surface area contributed by atoms with Crippen LogP contribution in [0.5, 0.6) is 17.2 Å². The fourth-order valence-electron chi connectivity index (χ4n) is 4.85. The van der Waals surface area contributed by atoms with E-state index in [0.717, 1.165) is 11.3 Å². The average Bonchev–Trinajstić information content (AvgIpc) is 3.59. The van der Waals surface area contributed by atoms with E-state index in [2.05, 4.69) is 4.99 Å². The Hall–Kier alpha value is -5.17. The Balaban J connectivity index is 1.67. The van der Waals surface area contributed by atoms with Crippen LogP contribution >= 0.6 is 11.3 Å². The molecule has 4 aromatic rings. The zero-order valence-corrected chi connectivity index (χ0v) is 24.7. The number of furan rings is 1. The molecule has 0 saturated carbocycles. The van der Waals surface area contributed by atoms with Crippen LogP contribution in [0.4, 0.5) is 5.69 Å². The van der Waals surface area contributed by atoms with E-state index >= 15 is 0 Å². The van der Waals surface area contributed by atoms with Crippen molar-refractivity contribution in [2.24, 2.45) is 4.99 Å². The third-order valence-corrected chi connectivity index (χ3v) is 7.79. The summed E-state index contributed by atoms with van der Waals surface area (Å²) in [5.74, 6) is 1.38. The summed E-state index contributed by atoms with van der Waals surface area (Å²) < 4.78 is 29.5. The van der Waals surface area contributed by atoms with E-state index in [4.69, 9.17) is 23.4 Å². The minimum absolute atomic E-state index is 0.122. The Morgan fingerprint density at radius 1 is 1.09 bits per heavy atom. The number of allylic oxidation sites excluding steroid dienone is 1. The molecule has 2 aromatic carbocycles. The SMILES string of the molecule is CCOC(=O)C1=C(C)N=c2s/c(=C/c3ccc(-c4cc([N+](=O)[O-])ccc4OC)o3)c(=O)n2C1c1cc(OC)ccc1OC. The summed E-state index contributed by atoms with van der Waals surface area (Å²) in [7, 11) is 4.47. The second-order valence-corrected chi connectivity index (χ2v) is 10.3. The molecule has 0 saturated heterocycles. The van der Waals surface area contributed by atoms with Crippen molar-refractivity contribution in [1.29, 1.82) is 0 Å². The minimum Gasteiger partial charge on any atom is -0.497 e. The second-order valence-electron chi connectivity index (χ2n) is 9.25. The maximum absolute atomic E-state index is 14.0. The minimum atomic E-state index is -0.913.